The molecule has 1 fully saturated rings. The van der Waals surface area contributed by atoms with E-state index < -0.39 is 17.6 Å². The summed E-state index contributed by atoms with van der Waals surface area (Å²) < 4.78 is 13.9. The molecule has 2 aromatic carbocycles. The Kier molecular flexibility index (Phi) is 7.41. The van der Waals surface area contributed by atoms with Gasteiger partial charge >= 0.3 is 0 Å². The lowest BCUT2D eigenvalue weighted by Gasteiger charge is -2.26. The highest BCUT2D eigenvalue weighted by Gasteiger charge is 2.36. The monoisotopic (exact) mass is 445 g/mol. The standard InChI is InChI=1S/C23H24FN3O3.ClH/c24-20-7-3-2-6-17(20)15-27-22(29)18-9-8-16(14-19(18)23(27)30)21(28)25-10-13-26-11-4-1-5-12-26;/h2-3,6-9,14H,1,4-5,10-13,15H2,(H,25,28);1H. The first-order chi connectivity index (χ1) is 14.5. The molecule has 2 aliphatic heterocycles. The van der Waals surface area contributed by atoms with Crippen molar-refractivity contribution in [2.75, 3.05) is 26.2 Å². The molecule has 0 radical (unpaired) electrons. The van der Waals surface area contributed by atoms with Gasteiger partial charge in [-0.3, -0.25) is 19.3 Å². The largest absolute Gasteiger partial charge is 0.351 e. The van der Waals surface area contributed by atoms with E-state index in [1.54, 1.807) is 24.3 Å². The molecule has 0 unspecified atom stereocenters. The van der Waals surface area contributed by atoms with E-state index in [1.165, 1.54) is 37.5 Å². The average molecular weight is 446 g/mol. The number of amides is 3. The normalized spacial score (nSPS) is 16.1. The third-order valence-corrected chi connectivity index (χ3v) is 5.68. The van der Waals surface area contributed by atoms with Crippen LogP contribution in [-0.4, -0.2) is 53.7 Å². The number of imide groups is 1. The van der Waals surface area contributed by atoms with E-state index in [4.69, 9.17) is 0 Å². The SMILES string of the molecule is Cl.O=C(NCCN1CCCCC1)c1ccc2c(c1)C(=O)N(Cc1ccccc1F)C2=O. The van der Waals surface area contributed by atoms with Crippen LogP contribution in [0.5, 0.6) is 0 Å². The number of benzene rings is 2. The Hall–Kier alpha value is -2.77. The van der Waals surface area contributed by atoms with Crippen LogP contribution in [0, 0.1) is 5.82 Å². The van der Waals surface area contributed by atoms with Gasteiger partial charge in [0.1, 0.15) is 5.82 Å². The first-order valence-corrected chi connectivity index (χ1v) is 10.3. The minimum atomic E-state index is -0.513. The predicted molar refractivity (Wildman–Crippen MR) is 117 cm³/mol. The molecule has 3 amide bonds. The van der Waals surface area contributed by atoms with Gasteiger partial charge < -0.3 is 10.2 Å². The third-order valence-electron chi connectivity index (χ3n) is 5.68. The zero-order chi connectivity index (χ0) is 21.1. The quantitative estimate of drug-likeness (QED) is 0.693. The molecule has 2 aliphatic rings. The van der Waals surface area contributed by atoms with Crippen LogP contribution >= 0.6 is 12.4 Å². The Morgan fingerprint density at radius 3 is 2.42 bits per heavy atom. The number of rotatable bonds is 6. The number of hydrogen-bond acceptors (Lipinski definition) is 4. The maximum atomic E-state index is 13.9. The number of nitrogens with zero attached hydrogens (tertiary/aromatic N) is 2. The van der Waals surface area contributed by atoms with Crippen LogP contribution in [0.2, 0.25) is 0 Å². The second-order valence-corrected chi connectivity index (χ2v) is 7.71. The number of hydrogen-bond donors (Lipinski definition) is 1. The summed E-state index contributed by atoms with van der Waals surface area (Å²) in [7, 11) is 0. The van der Waals surface area contributed by atoms with Gasteiger partial charge in [0.2, 0.25) is 0 Å². The summed E-state index contributed by atoms with van der Waals surface area (Å²) in [5.41, 5.74) is 1.02. The number of halogens is 2. The van der Waals surface area contributed by atoms with Crippen molar-refractivity contribution in [3.63, 3.8) is 0 Å². The lowest BCUT2D eigenvalue weighted by molar-refractivity contribution is 0.0641. The predicted octanol–water partition coefficient (Wildman–Crippen LogP) is 3.26. The van der Waals surface area contributed by atoms with Crippen molar-refractivity contribution in [2.24, 2.45) is 0 Å². The van der Waals surface area contributed by atoms with Crippen LogP contribution in [0.15, 0.2) is 42.5 Å². The maximum Gasteiger partial charge on any atom is 0.261 e. The molecular formula is C23H25ClFN3O3. The molecule has 0 aromatic heterocycles. The molecule has 0 bridgehead atoms. The van der Waals surface area contributed by atoms with Crippen molar-refractivity contribution < 1.29 is 18.8 Å². The smallest absolute Gasteiger partial charge is 0.261 e. The molecule has 2 aromatic rings. The van der Waals surface area contributed by atoms with Gasteiger partial charge in [-0.25, -0.2) is 4.39 Å². The number of likely N-dealkylation sites (tertiary alicyclic amines) is 1. The highest BCUT2D eigenvalue weighted by atomic mass is 35.5. The molecule has 6 nitrogen and oxygen atoms in total. The van der Waals surface area contributed by atoms with E-state index in [0.29, 0.717) is 12.1 Å². The summed E-state index contributed by atoms with van der Waals surface area (Å²) >= 11 is 0. The molecule has 8 heteroatoms. The molecule has 0 saturated carbocycles. The summed E-state index contributed by atoms with van der Waals surface area (Å²) in [5.74, 6) is -1.73. The van der Waals surface area contributed by atoms with Gasteiger partial charge in [0, 0.05) is 24.2 Å². The maximum absolute atomic E-state index is 13.9. The fourth-order valence-corrected chi connectivity index (χ4v) is 3.99. The second-order valence-electron chi connectivity index (χ2n) is 7.71. The molecule has 1 saturated heterocycles. The number of carbonyl (C=O) groups excluding carboxylic acids is 3. The Morgan fingerprint density at radius 1 is 0.968 bits per heavy atom. The van der Waals surface area contributed by atoms with Crippen LogP contribution in [0.1, 0.15) is 55.9 Å². The van der Waals surface area contributed by atoms with Gasteiger partial charge in [-0.15, -0.1) is 12.4 Å². The third kappa shape index (κ3) is 4.94. The lowest BCUT2D eigenvalue weighted by atomic mass is 10.1. The van der Waals surface area contributed by atoms with Gasteiger partial charge in [0.15, 0.2) is 0 Å². The van der Waals surface area contributed by atoms with E-state index in [2.05, 4.69) is 10.2 Å². The average Bonchev–Trinajstić information content (AvgIpc) is 3.00. The second kappa shape index (κ2) is 10.0. The van der Waals surface area contributed by atoms with E-state index in [1.807, 2.05) is 0 Å². The zero-order valence-corrected chi connectivity index (χ0v) is 17.9. The van der Waals surface area contributed by atoms with Crippen LogP contribution in [0.25, 0.3) is 0 Å². The molecule has 1 N–H and O–H groups in total. The number of carbonyl (C=O) groups is 3. The Labute approximate surface area is 186 Å². The van der Waals surface area contributed by atoms with Crippen LogP contribution < -0.4 is 5.32 Å². The summed E-state index contributed by atoms with van der Waals surface area (Å²) in [6, 6.07) is 10.5. The molecule has 31 heavy (non-hydrogen) atoms. The summed E-state index contributed by atoms with van der Waals surface area (Å²) in [6.45, 7) is 3.30. The number of nitrogens with one attached hydrogen (secondary N) is 1. The fourth-order valence-electron chi connectivity index (χ4n) is 3.99. The zero-order valence-electron chi connectivity index (χ0n) is 17.1. The Morgan fingerprint density at radius 2 is 1.68 bits per heavy atom. The van der Waals surface area contributed by atoms with Crippen LogP contribution in [0.3, 0.4) is 0 Å². The van der Waals surface area contributed by atoms with Crippen molar-refractivity contribution in [3.8, 4) is 0 Å². The molecule has 2 heterocycles. The minimum Gasteiger partial charge on any atom is -0.351 e. The van der Waals surface area contributed by atoms with Gasteiger partial charge in [0.25, 0.3) is 17.7 Å². The Bertz CT molecular complexity index is 992. The van der Waals surface area contributed by atoms with Gasteiger partial charge in [0.05, 0.1) is 17.7 Å². The summed E-state index contributed by atoms with van der Waals surface area (Å²) in [4.78, 5) is 41.2. The molecular weight excluding hydrogens is 421 g/mol. The van der Waals surface area contributed by atoms with Crippen molar-refractivity contribution >= 4 is 30.1 Å². The molecule has 0 spiro atoms. The Balaban J connectivity index is 0.00000272. The van der Waals surface area contributed by atoms with Crippen LogP contribution in [0.4, 0.5) is 4.39 Å². The lowest BCUT2D eigenvalue weighted by Crippen LogP contribution is -2.37. The number of fused-ring (bicyclic) bond motifs is 1. The molecule has 164 valence electrons. The summed E-state index contributed by atoms with van der Waals surface area (Å²) in [6.07, 6.45) is 3.65. The summed E-state index contributed by atoms with van der Waals surface area (Å²) in [5, 5.41) is 2.88. The van der Waals surface area contributed by atoms with Crippen molar-refractivity contribution in [3.05, 3.63) is 70.5 Å². The van der Waals surface area contributed by atoms with Gasteiger partial charge in [-0.2, -0.15) is 0 Å². The first-order valence-electron chi connectivity index (χ1n) is 10.3. The topological polar surface area (TPSA) is 69.7 Å². The molecule has 0 aliphatic carbocycles. The van der Waals surface area contributed by atoms with Gasteiger partial charge in [-0.1, -0.05) is 24.6 Å². The molecule has 4 rings (SSSR count). The number of piperidine rings is 1. The van der Waals surface area contributed by atoms with E-state index in [0.717, 1.165) is 24.5 Å². The van der Waals surface area contributed by atoms with E-state index in [-0.39, 0.29) is 41.5 Å². The highest BCUT2D eigenvalue weighted by Crippen LogP contribution is 2.26. The van der Waals surface area contributed by atoms with Gasteiger partial charge in [-0.05, 0) is 50.2 Å². The highest BCUT2D eigenvalue weighted by molar-refractivity contribution is 6.22. The van der Waals surface area contributed by atoms with Crippen molar-refractivity contribution in [1.82, 2.24) is 15.1 Å². The van der Waals surface area contributed by atoms with Crippen LogP contribution in [-0.2, 0) is 6.54 Å². The van der Waals surface area contributed by atoms with E-state index in [9.17, 15) is 18.8 Å². The van der Waals surface area contributed by atoms with Crippen molar-refractivity contribution in [2.45, 2.75) is 25.8 Å². The molecule has 0 atom stereocenters. The fraction of sp³-hybridized carbons (Fsp3) is 0.348. The van der Waals surface area contributed by atoms with E-state index >= 15 is 0 Å². The minimum absolute atomic E-state index is 0. The first kappa shape index (κ1) is 22.9. The van der Waals surface area contributed by atoms with Crippen molar-refractivity contribution in [1.29, 1.82) is 0 Å².